The molecule has 2 aromatic carbocycles. The predicted molar refractivity (Wildman–Crippen MR) is 118 cm³/mol. The zero-order valence-corrected chi connectivity index (χ0v) is 17.6. The number of carbonyl (C=O) groups excluding carboxylic acids is 2. The van der Waals surface area contributed by atoms with Crippen molar-refractivity contribution < 1.29 is 14.3 Å². The lowest BCUT2D eigenvalue weighted by atomic mass is 9.89. The first-order valence-corrected chi connectivity index (χ1v) is 11.1. The van der Waals surface area contributed by atoms with E-state index >= 15 is 0 Å². The molecular weight excluding hydrogens is 384 g/mol. The Hall–Kier alpha value is -2.47. The van der Waals surface area contributed by atoms with Crippen LogP contribution in [0.15, 0.2) is 53.4 Å². The molecule has 154 valence electrons. The molecule has 0 aliphatic heterocycles. The molecule has 0 bridgehead atoms. The highest BCUT2D eigenvalue weighted by atomic mass is 32.2. The Labute approximate surface area is 176 Å². The first-order valence-electron chi connectivity index (χ1n) is 10.1. The Morgan fingerprint density at radius 2 is 1.76 bits per heavy atom. The highest BCUT2D eigenvalue weighted by Gasteiger charge is 2.16. The summed E-state index contributed by atoms with van der Waals surface area (Å²) in [5.41, 5.74) is 1.26. The van der Waals surface area contributed by atoms with Crippen LogP contribution in [0.25, 0.3) is 0 Å². The zero-order chi connectivity index (χ0) is 20.5. The third-order valence-corrected chi connectivity index (χ3v) is 6.22. The van der Waals surface area contributed by atoms with Gasteiger partial charge in [-0.15, -0.1) is 11.8 Å². The molecule has 2 aromatic rings. The predicted octanol–water partition coefficient (Wildman–Crippen LogP) is 4.74. The van der Waals surface area contributed by atoms with Gasteiger partial charge in [0.15, 0.2) is 0 Å². The van der Waals surface area contributed by atoms with Crippen molar-refractivity contribution in [3.8, 4) is 5.75 Å². The lowest BCUT2D eigenvalue weighted by Gasteiger charge is -2.21. The van der Waals surface area contributed by atoms with E-state index in [9.17, 15) is 9.59 Å². The molecule has 5 nitrogen and oxygen atoms in total. The highest BCUT2D eigenvalue weighted by molar-refractivity contribution is 8.00. The maximum absolute atomic E-state index is 12.7. The van der Waals surface area contributed by atoms with Gasteiger partial charge < -0.3 is 15.4 Å². The molecule has 2 N–H and O–H groups in total. The molecule has 1 aliphatic rings. The number of rotatable bonds is 8. The fourth-order valence-corrected chi connectivity index (χ4v) is 4.38. The SMILES string of the molecule is COc1ccc(NC(=O)c2ccccc2SCC(=O)NCC2CCCCC2)cc1. The van der Waals surface area contributed by atoms with E-state index in [-0.39, 0.29) is 11.8 Å². The van der Waals surface area contributed by atoms with Crippen LogP contribution in [0.1, 0.15) is 42.5 Å². The van der Waals surface area contributed by atoms with Crippen LogP contribution in [0.2, 0.25) is 0 Å². The van der Waals surface area contributed by atoms with Gasteiger partial charge in [-0.1, -0.05) is 31.4 Å². The summed E-state index contributed by atoms with van der Waals surface area (Å²) < 4.78 is 5.14. The van der Waals surface area contributed by atoms with E-state index in [4.69, 9.17) is 4.74 Å². The summed E-state index contributed by atoms with van der Waals surface area (Å²) in [6, 6.07) is 14.6. The van der Waals surface area contributed by atoms with Gasteiger partial charge in [0.05, 0.1) is 18.4 Å². The molecule has 1 aliphatic carbocycles. The minimum absolute atomic E-state index is 0.0194. The molecule has 29 heavy (non-hydrogen) atoms. The summed E-state index contributed by atoms with van der Waals surface area (Å²) in [5.74, 6) is 1.48. The van der Waals surface area contributed by atoms with Gasteiger partial charge in [-0.05, 0) is 55.2 Å². The van der Waals surface area contributed by atoms with Crippen LogP contribution in [-0.2, 0) is 4.79 Å². The fourth-order valence-electron chi connectivity index (χ4n) is 3.50. The topological polar surface area (TPSA) is 67.4 Å². The van der Waals surface area contributed by atoms with E-state index in [1.165, 1.54) is 43.9 Å². The third kappa shape index (κ3) is 6.53. The smallest absolute Gasteiger partial charge is 0.256 e. The van der Waals surface area contributed by atoms with Gasteiger partial charge >= 0.3 is 0 Å². The number of anilines is 1. The molecule has 0 spiro atoms. The molecule has 0 saturated heterocycles. The number of carbonyl (C=O) groups is 2. The maximum atomic E-state index is 12.7. The molecule has 1 saturated carbocycles. The number of amides is 2. The summed E-state index contributed by atoms with van der Waals surface area (Å²) in [7, 11) is 1.60. The van der Waals surface area contributed by atoms with Gasteiger partial charge in [0.1, 0.15) is 5.75 Å². The minimum atomic E-state index is -0.194. The van der Waals surface area contributed by atoms with Crippen molar-refractivity contribution in [2.24, 2.45) is 5.92 Å². The van der Waals surface area contributed by atoms with Crippen molar-refractivity contribution in [3.05, 3.63) is 54.1 Å². The molecule has 2 amide bonds. The van der Waals surface area contributed by atoms with E-state index in [1.807, 2.05) is 18.2 Å². The summed E-state index contributed by atoms with van der Waals surface area (Å²) in [6.07, 6.45) is 6.27. The molecule has 0 radical (unpaired) electrons. The van der Waals surface area contributed by atoms with Crippen LogP contribution in [-0.4, -0.2) is 31.2 Å². The van der Waals surface area contributed by atoms with Gasteiger partial charge in [0.2, 0.25) is 5.91 Å². The summed E-state index contributed by atoms with van der Waals surface area (Å²) >= 11 is 1.39. The second-order valence-electron chi connectivity index (χ2n) is 7.28. The number of nitrogens with one attached hydrogen (secondary N) is 2. The van der Waals surface area contributed by atoms with E-state index < -0.39 is 0 Å². The minimum Gasteiger partial charge on any atom is -0.497 e. The average Bonchev–Trinajstić information content (AvgIpc) is 2.77. The molecule has 0 heterocycles. The Morgan fingerprint density at radius 1 is 1.03 bits per heavy atom. The second-order valence-corrected chi connectivity index (χ2v) is 8.29. The van der Waals surface area contributed by atoms with Crippen molar-refractivity contribution in [2.75, 3.05) is 24.7 Å². The molecule has 6 heteroatoms. The van der Waals surface area contributed by atoms with Crippen LogP contribution in [0.5, 0.6) is 5.75 Å². The van der Waals surface area contributed by atoms with Crippen LogP contribution in [0.3, 0.4) is 0 Å². The van der Waals surface area contributed by atoms with Crippen molar-refractivity contribution in [3.63, 3.8) is 0 Å². The zero-order valence-electron chi connectivity index (χ0n) is 16.8. The van der Waals surface area contributed by atoms with Gasteiger partial charge in [0.25, 0.3) is 5.91 Å². The van der Waals surface area contributed by atoms with E-state index in [2.05, 4.69) is 10.6 Å². The third-order valence-electron chi connectivity index (χ3n) is 5.15. The average molecular weight is 413 g/mol. The summed E-state index contributed by atoms with van der Waals surface area (Å²) in [4.78, 5) is 25.8. The Kier molecular flexibility index (Phi) is 7.99. The lowest BCUT2D eigenvalue weighted by Crippen LogP contribution is -2.31. The van der Waals surface area contributed by atoms with Gasteiger partial charge in [-0.3, -0.25) is 9.59 Å². The number of hydrogen-bond donors (Lipinski definition) is 2. The Balaban J connectivity index is 1.53. The maximum Gasteiger partial charge on any atom is 0.256 e. The molecule has 0 unspecified atom stereocenters. The van der Waals surface area contributed by atoms with Gasteiger partial charge in [-0.25, -0.2) is 0 Å². The standard InChI is InChI=1S/C23H28N2O3S/c1-28-19-13-11-18(12-14-19)25-23(27)20-9-5-6-10-21(20)29-16-22(26)24-15-17-7-3-2-4-8-17/h5-6,9-14,17H,2-4,7-8,15-16H2,1H3,(H,24,26)(H,25,27). The first-order chi connectivity index (χ1) is 14.2. The number of benzene rings is 2. The van der Waals surface area contributed by atoms with Crippen LogP contribution in [0.4, 0.5) is 5.69 Å². The highest BCUT2D eigenvalue weighted by Crippen LogP contribution is 2.25. The summed E-state index contributed by atoms with van der Waals surface area (Å²) in [5, 5.41) is 5.95. The normalized spacial score (nSPS) is 14.2. The fraction of sp³-hybridized carbons (Fsp3) is 0.391. The molecule has 0 aromatic heterocycles. The lowest BCUT2D eigenvalue weighted by molar-refractivity contribution is -0.118. The summed E-state index contributed by atoms with van der Waals surface area (Å²) in [6.45, 7) is 0.763. The molecule has 0 atom stereocenters. The van der Waals surface area contributed by atoms with Crippen LogP contribution < -0.4 is 15.4 Å². The van der Waals surface area contributed by atoms with E-state index in [0.717, 1.165) is 17.2 Å². The molecular formula is C23H28N2O3S. The second kappa shape index (κ2) is 10.9. The van der Waals surface area contributed by atoms with Crippen molar-refractivity contribution in [1.29, 1.82) is 0 Å². The Morgan fingerprint density at radius 3 is 2.48 bits per heavy atom. The number of ether oxygens (including phenoxy) is 1. The first kappa shape index (κ1) is 21.2. The van der Waals surface area contributed by atoms with Crippen LogP contribution >= 0.6 is 11.8 Å². The van der Waals surface area contributed by atoms with Crippen molar-refractivity contribution >= 4 is 29.3 Å². The largest absolute Gasteiger partial charge is 0.497 e. The monoisotopic (exact) mass is 412 g/mol. The van der Waals surface area contributed by atoms with Crippen molar-refractivity contribution in [2.45, 2.75) is 37.0 Å². The molecule has 1 fully saturated rings. The van der Waals surface area contributed by atoms with Crippen molar-refractivity contribution in [1.82, 2.24) is 5.32 Å². The quantitative estimate of drug-likeness (QED) is 0.615. The van der Waals surface area contributed by atoms with Crippen LogP contribution in [0, 0.1) is 5.92 Å². The van der Waals surface area contributed by atoms with Gasteiger partial charge in [-0.2, -0.15) is 0 Å². The number of methoxy groups -OCH3 is 1. The molecule has 3 rings (SSSR count). The van der Waals surface area contributed by atoms with E-state index in [0.29, 0.717) is 22.9 Å². The Bertz CT molecular complexity index is 817. The van der Waals surface area contributed by atoms with Gasteiger partial charge in [0, 0.05) is 17.1 Å². The number of hydrogen-bond acceptors (Lipinski definition) is 4. The van der Waals surface area contributed by atoms with E-state index in [1.54, 1.807) is 37.4 Å². The number of thioether (sulfide) groups is 1.